The maximum atomic E-state index is 3.93. The van der Waals surface area contributed by atoms with E-state index < -0.39 is 0 Å². The summed E-state index contributed by atoms with van der Waals surface area (Å²) >= 11 is 0. The largest absolute Gasteiger partial charge is 0.386 e. The van der Waals surface area contributed by atoms with Crippen molar-refractivity contribution in [3.63, 3.8) is 0 Å². The molecule has 2 rings (SSSR count). The second-order valence-electron chi connectivity index (χ2n) is 5.08. The predicted molar refractivity (Wildman–Crippen MR) is 69.7 cm³/mol. The van der Waals surface area contributed by atoms with Gasteiger partial charge in [-0.2, -0.15) is 0 Å². The van der Waals surface area contributed by atoms with Gasteiger partial charge in [0.25, 0.3) is 0 Å². The molecule has 1 atom stereocenters. The van der Waals surface area contributed by atoms with Crippen molar-refractivity contribution < 1.29 is 0 Å². The molecule has 0 unspecified atom stereocenters. The van der Waals surface area contributed by atoms with Gasteiger partial charge in [0.1, 0.15) is 0 Å². The number of allylic oxidation sites excluding steroid dienone is 1. The molecule has 16 heavy (non-hydrogen) atoms. The Labute approximate surface area is 98.6 Å². The lowest BCUT2D eigenvalue weighted by Gasteiger charge is -2.28. The lowest BCUT2D eigenvalue weighted by Crippen LogP contribution is -2.33. The summed E-state index contributed by atoms with van der Waals surface area (Å²) in [5, 5.41) is 3.47. The van der Waals surface area contributed by atoms with Crippen LogP contribution in [-0.4, -0.2) is 6.04 Å². The number of hydrogen-bond donors (Lipinski definition) is 1. The second kappa shape index (κ2) is 4.32. The zero-order valence-corrected chi connectivity index (χ0v) is 10.6. The van der Waals surface area contributed by atoms with Gasteiger partial charge in [-0.3, -0.25) is 0 Å². The smallest absolute Gasteiger partial charge is 0.0301 e. The van der Waals surface area contributed by atoms with Crippen LogP contribution in [0.15, 0.2) is 24.4 Å². The Morgan fingerprint density at radius 1 is 1.38 bits per heavy atom. The van der Waals surface area contributed by atoms with Gasteiger partial charge in [-0.05, 0) is 56.7 Å². The molecule has 0 bridgehead atoms. The van der Waals surface area contributed by atoms with Gasteiger partial charge in [-0.25, -0.2) is 0 Å². The molecule has 0 amide bonds. The molecule has 0 saturated heterocycles. The van der Waals surface area contributed by atoms with Crippen LogP contribution in [0.1, 0.15) is 35.6 Å². The van der Waals surface area contributed by atoms with Gasteiger partial charge in [0, 0.05) is 11.7 Å². The maximum absolute atomic E-state index is 3.93. The van der Waals surface area contributed by atoms with Gasteiger partial charge in [-0.1, -0.05) is 24.3 Å². The number of hydrogen-bond acceptors (Lipinski definition) is 1. The second-order valence-corrected chi connectivity index (χ2v) is 5.08. The van der Waals surface area contributed by atoms with E-state index in [1.165, 1.54) is 29.5 Å². The van der Waals surface area contributed by atoms with Crippen molar-refractivity contribution in [2.75, 3.05) is 0 Å². The van der Waals surface area contributed by atoms with Crippen LogP contribution in [-0.2, 0) is 12.8 Å². The normalized spacial score (nSPS) is 19.1. The van der Waals surface area contributed by atoms with Gasteiger partial charge < -0.3 is 5.32 Å². The molecular formula is C15H21N. The highest BCUT2D eigenvalue weighted by molar-refractivity contribution is 5.40. The van der Waals surface area contributed by atoms with Gasteiger partial charge in [-0.15, -0.1) is 0 Å². The molecule has 0 radical (unpaired) electrons. The van der Waals surface area contributed by atoms with Crippen LogP contribution in [0.2, 0.25) is 0 Å². The third-order valence-corrected chi connectivity index (χ3v) is 3.37. The zero-order valence-electron chi connectivity index (χ0n) is 10.6. The maximum Gasteiger partial charge on any atom is 0.0301 e. The van der Waals surface area contributed by atoms with Crippen molar-refractivity contribution in [2.24, 2.45) is 0 Å². The summed E-state index contributed by atoms with van der Waals surface area (Å²) in [4.78, 5) is 0. The molecule has 1 aromatic rings. The fourth-order valence-electron chi connectivity index (χ4n) is 2.78. The summed E-state index contributed by atoms with van der Waals surface area (Å²) < 4.78 is 0. The van der Waals surface area contributed by atoms with E-state index in [1.807, 2.05) is 6.92 Å². The van der Waals surface area contributed by atoms with Gasteiger partial charge >= 0.3 is 0 Å². The third-order valence-electron chi connectivity index (χ3n) is 3.37. The lowest BCUT2D eigenvalue weighted by molar-refractivity contribution is 0.498. The molecule has 0 heterocycles. The Hall–Kier alpha value is -1.24. The van der Waals surface area contributed by atoms with Crippen molar-refractivity contribution in [1.82, 2.24) is 5.32 Å². The highest BCUT2D eigenvalue weighted by Crippen LogP contribution is 2.26. The van der Waals surface area contributed by atoms with Crippen LogP contribution in [0, 0.1) is 13.8 Å². The number of rotatable bonds is 2. The van der Waals surface area contributed by atoms with Crippen molar-refractivity contribution in [1.29, 1.82) is 0 Å². The first-order valence-corrected chi connectivity index (χ1v) is 6.07. The van der Waals surface area contributed by atoms with Gasteiger partial charge in [0.2, 0.25) is 0 Å². The first-order chi connectivity index (χ1) is 7.56. The van der Waals surface area contributed by atoms with Crippen molar-refractivity contribution in [3.8, 4) is 0 Å². The average Bonchev–Trinajstić information content (AvgIpc) is 2.15. The summed E-state index contributed by atoms with van der Waals surface area (Å²) in [6.07, 6.45) is 3.57. The molecule has 0 aromatic heterocycles. The molecule has 0 saturated carbocycles. The van der Waals surface area contributed by atoms with E-state index in [1.54, 1.807) is 5.56 Å². The summed E-state index contributed by atoms with van der Waals surface area (Å²) in [7, 11) is 0. The average molecular weight is 215 g/mol. The van der Waals surface area contributed by atoms with Crippen LogP contribution in [0.4, 0.5) is 0 Å². The van der Waals surface area contributed by atoms with E-state index in [0.29, 0.717) is 6.04 Å². The molecule has 0 spiro atoms. The molecule has 0 aliphatic heterocycles. The minimum atomic E-state index is 0.575. The number of aryl methyl sites for hydroxylation is 2. The Bertz CT molecular complexity index is 418. The minimum Gasteiger partial charge on any atom is -0.386 e. The first-order valence-electron chi connectivity index (χ1n) is 6.07. The number of benzene rings is 1. The quantitative estimate of drug-likeness (QED) is 0.798. The molecule has 1 N–H and O–H groups in total. The Balaban J connectivity index is 2.23. The summed E-state index contributed by atoms with van der Waals surface area (Å²) in [5.74, 6) is 0. The number of fused-ring (bicyclic) bond motifs is 1. The molecule has 1 aliphatic carbocycles. The highest BCUT2D eigenvalue weighted by atomic mass is 14.9. The predicted octanol–water partition coefficient (Wildman–Crippen LogP) is 3.28. The lowest BCUT2D eigenvalue weighted by atomic mass is 9.84. The fraction of sp³-hybridized carbons (Fsp3) is 0.467. The van der Waals surface area contributed by atoms with Crippen LogP contribution in [0.5, 0.6) is 0 Å². The van der Waals surface area contributed by atoms with Crippen LogP contribution in [0.25, 0.3) is 0 Å². The topological polar surface area (TPSA) is 12.0 Å². The molecular weight excluding hydrogens is 194 g/mol. The molecule has 1 heteroatoms. The zero-order chi connectivity index (χ0) is 11.7. The van der Waals surface area contributed by atoms with Crippen LogP contribution >= 0.6 is 0 Å². The molecule has 1 nitrogen and oxygen atoms in total. The SMILES string of the molecule is C=C(C)N[C@H]1CCc2c(C)cc(C)cc2C1. The van der Waals surface area contributed by atoms with E-state index in [-0.39, 0.29) is 0 Å². The van der Waals surface area contributed by atoms with Crippen molar-refractivity contribution in [3.05, 3.63) is 46.7 Å². The van der Waals surface area contributed by atoms with Crippen LogP contribution < -0.4 is 5.32 Å². The summed E-state index contributed by atoms with van der Waals surface area (Å²) in [5.41, 5.74) is 7.03. The summed E-state index contributed by atoms with van der Waals surface area (Å²) in [6.45, 7) is 10.4. The standard InChI is InChI=1S/C15H21N/c1-10(2)16-14-5-6-15-12(4)7-11(3)8-13(15)9-14/h7-8,14,16H,1,5-6,9H2,2-4H3/t14-/m0/s1. The van der Waals surface area contributed by atoms with Crippen LogP contribution in [0.3, 0.4) is 0 Å². The van der Waals surface area contributed by atoms with Crippen molar-refractivity contribution >= 4 is 0 Å². The Morgan fingerprint density at radius 2 is 2.12 bits per heavy atom. The first kappa shape index (κ1) is 11.3. The van der Waals surface area contributed by atoms with Gasteiger partial charge in [0.05, 0.1) is 0 Å². The van der Waals surface area contributed by atoms with Gasteiger partial charge in [0.15, 0.2) is 0 Å². The minimum absolute atomic E-state index is 0.575. The molecule has 1 aromatic carbocycles. The van der Waals surface area contributed by atoms with E-state index in [2.05, 4.69) is 37.9 Å². The monoisotopic (exact) mass is 215 g/mol. The fourth-order valence-corrected chi connectivity index (χ4v) is 2.78. The number of nitrogens with one attached hydrogen (secondary N) is 1. The Morgan fingerprint density at radius 3 is 2.81 bits per heavy atom. The van der Waals surface area contributed by atoms with E-state index >= 15 is 0 Å². The van der Waals surface area contributed by atoms with E-state index in [9.17, 15) is 0 Å². The highest BCUT2D eigenvalue weighted by Gasteiger charge is 2.19. The molecule has 86 valence electrons. The summed E-state index contributed by atoms with van der Waals surface area (Å²) in [6, 6.07) is 5.21. The molecule has 1 aliphatic rings. The van der Waals surface area contributed by atoms with Crippen molar-refractivity contribution in [2.45, 2.75) is 46.1 Å². The Kier molecular flexibility index (Phi) is 3.04. The van der Waals surface area contributed by atoms with E-state index in [4.69, 9.17) is 0 Å². The van der Waals surface area contributed by atoms with E-state index in [0.717, 1.165) is 12.1 Å². The molecule has 0 fully saturated rings. The third kappa shape index (κ3) is 2.29.